The van der Waals surface area contributed by atoms with Crippen LogP contribution in [0.15, 0.2) is 103 Å². The Kier molecular flexibility index (Phi) is 8.39. The van der Waals surface area contributed by atoms with Gasteiger partial charge in [-0.25, -0.2) is 0 Å². The second-order valence-corrected chi connectivity index (χ2v) is 13.0. The molecule has 3 aromatic rings. The summed E-state index contributed by atoms with van der Waals surface area (Å²) in [5.74, 6) is -2.32. The summed E-state index contributed by atoms with van der Waals surface area (Å²) in [7, 11) is 0. The number of carbonyl (C=O) groups is 3. The minimum absolute atomic E-state index is 0.220. The van der Waals surface area contributed by atoms with Crippen molar-refractivity contribution < 1.29 is 29.0 Å². The van der Waals surface area contributed by atoms with Crippen LogP contribution in [0.1, 0.15) is 31.9 Å². The molecule has 3 amide bonds. The van der Waals surface area contributed by atoms with Crippen LogP contribution >= 0.6 is 11.6 Å². The number of hydrogen-bond donors (Lipinski definition) is 1. The van der Waals surface area contributed by atoms with Gasteiger partial charge in [0.25, 0.3) is 5.91 Å². The third kappa shape index (κ3) is 4.95. The van der Waals surface area contributed by atoms with Gasteiger partial charge >= 0.3 is 0 Å². The lowest BCUT2D eigenvalue weighted by atomic mass is 9.73. The molecule has 4 aliphatic heterocycles. The fourth-order valence-electron chi connectivity index (χ4n) is 8.04. The number of anilines is 2. The molecule has 0 bridgehead atoms. The number of halogens is 1. The third-order valence-corrected chi connectivity index (χ3v) is 10.4. The van der Waals surface area contributed by atoms with Gasteiger partial charge in [-0.2, -0.15) is 0 Å². The van der Waals surface area contributed by atoms with Gasteiger partial charge in [-0.15, -0.1) is 0 Å². The SMILES string of the molecule is CCOc1ccc(N2CC=C[C@]3(CC)O[C@]45C=CCN(c6ccc(Cl)cc6)C(=O)C4N([C@H](CO)c4ccccc4)C(=O)[C@@H]5[C@@H]3C2=O)cc1. The van der Waals surface area contributed by atoms with E-state index in [1.807, 2.05) is 92.7 Å². The molecule has 0 aliphatic carbocycles. The van der Waals surface area contributed by atoms with Crippen molar-refractivity contribution in [2.24, 2.45) is 11.8 Å². The molecule has 7 rings (SSSR count). The predicted molar refractivity (Wildman–Crippen MR) is 183 cm³/mol. The zero-order valence-electron chi connectivity index (χ0n) is 26.9. The minimum Gasteiger partial charge on any atom is -0.494 e. The highest BCUT2D eigenvalue weighted by molar-refractivity contribution is 6.30. The number of carbonyl (C=O) groups excluding carboxylic acids is 3. The van der Waals surface area contributed by atoms with Crippen LogP contribution in [0.3, 0.4) is 0 Å². The number of aliphatic hydroxyl groups is 1. The van der Waals surface area contributed by atoms with E-state index in [0.717, 1.165) is 0 Å². The molecule has 1 spiro atoms. The Hall–Kier alpha value is -4.44. The van der Waals surface area contributed by atoms with Gasteiger partial charge in [0.15, 0.2) is 0 Å². The highest BCUT2D eigenvalue weighted by atomic mass is 35.5. The van der Waals surface area contributed by atoms with Gasteiger partial charge in [-0.3, -0.25) is 14.4 Å². The van der Waals surface area contributed by atoms with Crippen molar-refractivity contribution in [2.45, 2.75) is 43.6 Å². The maximum Gasteiger partial charge on any atom is 0.253 e. The zero-order valence-corrected chi connectivity index (χ0v) is 27.6. The van der Waals surface area contributed by atoms with Crippen LogP contribution < -0.4 is 14.5 Å². The number of hydrogen-bond acceptors (Lipinski definition) is 6. The monoisotopic (exact) mass is 667 g/mol. The van der Waals surface area contributed by atoms with E-state index in [1.165, 1.54) is 4.90 Å². The lowest BCUT2D eigenvalue weighted by Crippen LogP contribution is -2.57. The summed E-state index contributed by atoms with van der Waals surface area (Å²) < 4.78 is 12.8. The lowest BCUT2D eigenvalue weighted by molar-refractivity contribution is -0.149. The Balaban J connectivity index is 1.38. The normalized spacial score (nSPS) is 28.5. The van der Waals surface area contributed by atoms with Crippen molar-refractivity contribution in [3.63, 3.8) is 0 Å². The van der Waals surface area contributed by atoms with Crippen molar-refractivity contribution in [1.82, 2.24) is 4.90 Å². The Labute approximate surface area is 285 Å². The number of fused-ring (bicyclic) bond motifs is 2. The maximum atomic E-state index is 15.1. The van der Waals surface area contributed by atoms with Gasteiger partial charge in [0, 0.05) is 29.5 Å². The number of aliphatic hydroxyl groups excluding tert-OH is 1. The topological polar surface area (TPSA) is 99.6 Å². The number of rotatable bonds is 8. The van der Waals surface area contributed by atoms with E-state index in [9.17, 15) is 14.7 Å². The van der Waals surface area contributed by atoms with Gasteiger partial charge in [-0.1, -0.05) is 73.2 Å². The molecule has 6 atom stereocenters. The van der Waals surface area contributed by atoms with Crippen LogP contribution in [0.2, 0.25) is 5.02 Å². The number of ether oxygens (including phenoxy) is 2. The first-order valence-electron chi connectivity index (χ1n) is 16.4. The smallest absolute Gasteiger partial charge is 0.253 e. The third-order valence-electron chi connectivity index (χ3n) is 10.2. The Morgan fingerprint density at radius 3 is 2.08 bits per heavy atom. The highest BCUT2D eigenvalue weighted by Gasteiger charge is 2.76. The number of amides is 3. The summed E-state index contributed by atoms with van der Waals surface area (Å²) in [5.41, 5.74) is -0.688. The van der Waals surface area contributed by atoms with Crippen molar-refractivity contribution >= 4 is 40.7 Å². The molecular formula is C38H38ClN3O6. The summed E-state index contributed by atoms with van der Waals surface area (Å²) in [6.07, 6.45) is 7.89. The summed E-state index contributed by atoms with van der Waals surface area (Å²) >= 11 is 6.19. The van der Waals surface area contributed by atoms with Crippen molar-refractivity contribution in [2.75, 3.05) is 36.1 Å². The van der Waals surface area contributed by atoms with Crippen LogP contribution in [0.5, 0.6) is 5.75 Å². The molecule has 248 valence electrons. The second kappa shape index (κ2) is 12.5. The largest absolute Gasteiger partial charge is 0.494 e. The molecule has 10 heteroatoms. The molecule has 2 saturated heterocycles. The molecule has 4 heterocycles. The quantitative estimate of drug-likeness (QED) is 0.326. The van der Waals surface area contributed by atoms with Gasteiger partial charge < -0.3 is 29.3 Å². The van der Waals surface area contributed by atoms with Crippen LogP contribution in [0, 0.1) is 11.8 Å². The van der Waals surface area contributed by atoms with Gasteiger partial charge in [0.05, 0.1) is 36.7 Å². The lowest BCUT2D eigenvalue weighted by Gasteiger charge is -2.41. The van der Waals surface area contributed by atoms with Crippen molar-refractivity contribution in [3.05, 3.63) is 114 Å². The average molecular weight is 668 g/mol. The van der Waals surface area contributed by atoms with E-state index >= 15 is 4.79 Å². The van der Waals surface area contributed by atoms with Gasteiger partial charge in [0.1, 0.15) is 17.4 Å². The Morgan fingerprint density at radius 2 is 1.46 bits per heavy atom. The van der Waals surface area contributed by atoms with Crippen molar-refractivity contribution in [1.29, 1.82) is 0 Å². The second-order valence-electron chi connectivity index (χ2n) is 12.6. The van der Waals surface area contributed by atoms with E-state index in [4.69, 9.17) is 21.1 Å². The van der Waals surface area contributed by atoms with E-state index in [-0.39, 0.29) is 24.9 Å². The first-order valence-corrected chi connectivity index (χ1v) is 16.8. The molecular weight excluding hydrogens is 630 g/mol. The van der Waals surface area contributed by atoms with Crippen LogP contribution in [0.25, 0.3) is 0 Å². The van der Waals surface area contributed by atoms with Crippen LogP contribution in [-0.2, 0) is 19.1 Å². The molecule has 0 saturated carbocycles. The number of likely N-dealkylation sites (tertiary alicyclic amines) is 1. The predicted octanol–water partition coefficient (Wildman–Crippen LogP) is 5.34. The summed E-state index contributed by atoms with van der Waals surface area (Å²) in [5, 5.41) is 11.4. The first-order chi connectivity index (χ1) is 23.3. The molecule has 2 fully saturated rings. The number of benzene rings is 3. The fourth-order valence-corrected chi connectivity index (χ4v) is 8.16. The van der Waals surface area contributed by atoms with Crippen LogP contribution in [-0.4, -0.2) is 71.3 Å². The molecule has 4 aliphatic rings. The fraction of sp³-hybridized carbons (Fsp3) is 0.342. The maximum absolute atomic E-state index is 15.1. The van der Waals surface area contributed by atoms with E-state index < -0.39 is 47.6 Å². The summed E-state index contributed by atoms with van der Waals surface area (Å²) in [4.78, 5) is 49.7. The molecule has 48 heavy (non-hydrogen) atoms. The Bertz CT molecular complexity index is 1760. The van der Waals surface area contributed by atoms with Gasteiger partial charge in [-0.05, 0) is 67.4 Å². The minimum atomic E-state index is -1.49. The van der Waals surface area contributed by atoms with Gasteiger partial charge in [0.2, 0.25) is 11.8 Å². The standard InChI is InChI=1S/C38H38ClN3O6/c1-3-37-20-8-22-40(28-16-18-29(19-17-28)47-4-2)34(44)31(37)32-35(45)42(30(24-43)25-10-6-5-7-11-25)33-36(46)41(23-9-21-38(32,33)48-37)27-14-12-26(39)13-15-27/h5-21,30-33,43H,3-4,22-24H2,1-2H3/t30-,31-,32+,33?,37+,38+/m1/s1. The molecule has 0 radical (unpaired) electrons. The molecule has 0 aromatic heterocycles. The van der Waals surface area contributed by atoms with E-state index in [2.05, 4.69) is 0 Å². The summed E-state index contributed by atoms with van der Waals surface area (Å²) in [6.45, 7) is 4.45. The molecule has 1 unspecified atom stereocenters. The molecule has 3 aromatic carbocycles. The van der Waals surface area contributed by atoms with Crippen LogP contribution in [0.4, 0.5) is 11.4 Å². The molecule has 9 nitrogen and oxygen atoms in total. The number of nitrogens with zero attached hydrogens (tertiary/aromatic N) is 3. The van der Waals surface area contributed by atoms with E-state index in [1.54, 1.807) is 34.1 Å². The average Bonchev–Trinajstić information content (AvgIpc) is 3.39. The first kappa shape index (κ1) is 32.1. The van der Waals surface area contributed by atoms with Crippen molar-refractivity contribution in [3.8, 4) is 5.75 Å². The van der Waals surface area contributed by atoms with E-state index in [0.29, 0.717) is 40.7 Å². The molecule has 1 N–H and O–H groups in total. The highest BCUT2D eigenvalue weighted by Crippen LogP contribution is 2.60. The zero-order chi connectivity index (χ0) is 33.6. The Morgan fingerprint density at radius 1 is 0.833 bits per heavy atom. The summed E-state index contributed by atoms with van der Waals surface area (Å²) in [6, 6.07) is 21.4.